The van der Waals surface area contributed by atoms with Gasteiger partial charge in [0.25, 0.3) is 11.8 Å². The maximum atomic E-state index is 12.7. The Bertz CT molecular complexity index is 774. The first-order valence-electron chi connectivity index (χ1n) is 7.81. The average molecular weight is 342 g/mol. The highest BCUT2D eigenvalue weighted by Crippen LogP contribution is 2.28. The van der Waals surface area contributed by atoms with Crippen LogP contribution in [0.15, 0.2) is 42.5 Å². The summed E-state index contributed by atoms with van der Waals surface area (Å²) in [6.45, 7) is 2.27. The van der Waals surface area contributed by atoms with Crippen molar-refractivity contribution in [2.75, 3.05) is 20.8 Å². The van der Waals surface area contributed by atoms with E-state index in [9.17, 15) is 9.59 Å². The van der Waals surface area contributed by atoms with E-state index < -0.39 is 5.91 Å². The molecule has 2 aromatic carbocycles. The van der Waals surface area contributed by atoms with Crippen LogP contribution in [0.4, 0.5) is 0 Å². The van der Waals surface area contributed by atoms with E-state index in [1.807, 2.05) is 31.2 Å². The van der Waals surface area contributed by atoms with E-state index in [1.54, 1.807) is 30.1 Å². The van der Waals surface area contributed by atoms with E-state index in [1.165, 1.54) is 7.11 Å². The molecule has 6 heteroatoms. The summed E-state index contributed by atoms with van der Waals surface area (Å²) in [6, 6.07) is 12.8. The molecule has 0 aromatic heterocycles. The lowest BCUT2D eigenvalue weighted by Gasteiger charge is -2.19. The molecule has 25 heavy (non-hydrogen) atoms. The Morgan fingerprint density at radius 3 is 2.48 bits per heavy atom. The molecule has 0 bridgehead atoms. The summed E-state index contributed by atoms with van der Waals surface area (Å²) in [6.07, 6.45) is 0. The number of carbonyl (C=O) groups excluding carboxylic acids is 2. The van der Waals surface area contributed by atoms with Gasteiger partial charge in [-0.25, -0.2) is 0 Å². The zero-order valence-electron chi connectivity index (χ0n) is 14.6. The first kappa shape index (κ1) is 18.3. The van der Waals surface area contributed by atoms with Crippen molar-refractivity contribution in [1.29, 1.82) is 0 Å². The van der Waals surface area contributed by atoms with Gasteiger partial charge >= 0.3 is 0 Å². The number of hydrogen-bond acceptors (Lipinski definition) is 4. The molecule has 0 saturated carbocycles. The monoisotopic (exact) mass is 342 g/mol. The molecule has 2 rings (SSSR count). The second-order valence-electron chi connectivity index (χ2n) is 5.71. The molecule has 0 atom stereocenters. The Labute approximate surface area is 147 Å². The predicted molar refractivity (Wildman–Crippen MR) is 94.7 cm³/mol. The highest BCUT2D eigenvalue weighted by Gasteiger charge is 2.16. The van der Waals surface area contributed by atoms with Crippen molar-refractivity contribution in [2.45, 2.75) is 13.5 Å². The van der Waals surface area contributed by atoms with Crippen molar-refractivity contribution in [1.82, 2.24) is 4.90 Å². The number of rotatable bonds is 7. The zero-order valence-corrected chi connectivity index (χ0v) is 14.6. The molecule has 0 saturated heterocycles. The number of benzene rings is 2. The fraction of sp³-hybridized carbons (Fsp3) is 0.263. The van der Waals surface area contributed by atoms with Gasteiger partial charge in [0.15, 0.2) is 18.1 Å². The van der Waals surface area contributed by atoms with Crippen molar-refractivity contribution in [3.8, 4) is 11.5 Å². The van der Waals surface area contributed by atoms with Crippen LogP contribution in [0.3, 0.4) is 0 Å². The highest BCUT2D eigenvalue weighted by molar-refractivity contribution is 5.94. The van der Waals surface area contributed by atoms with Gasteiger partial charge in [0.05, 0.1) is 7.11 Å². The van der Waals surface area contributed by atoms with Gasteiger partial charge in [-0.3, -0.25) is 9.59 Å². The van der Waals surface area contributed by atoms with Crippen LogP contribution in [0.2, 0.25) is 0 Å². The van der Waals surface area contributed by atoms with E-state index >= 15 is 0 Å². The second-order valence-corrected chi connectivity index (χ2v) is 5.71. The SMILES string of the molecule is COc1cc(C(=O)N(C)Cc2ccccc2C)ccc1OCC(N)=O. The fourth-order valence-corrected chi connectivity index (χ4v) is 2.40. The molecule has 0 unspecified atom stereocenters. The third-order valence-electron chi connectivity index (χ3n) is 3.80. The standard InChI is InChI=1S/C19H22N2O4/c1-13-6-4-5-7-15(13)11-21(2)19(23)14-8-9-16(17(10-14)24-3)25-12-18(20)22/h4-10H,11-12H2,1-3H3,(H2,20,22). The van der Waals surface area contributed by atoms with Crippen molar-refractivity contribution in [3.63, 3.8) is 0 Å². The Morgan fingerprint density at radius 1 is 1.12 bits per heavy atom. The van der Waals surface area contributed by atoms with Gasteiger partial charge in [0, 0.05) is 19.2 Å². The number of ether oxygens (including phenoxy) is 2. The summed E-state index contributed by atoms with van der Waals surface area (Å²) in [7, 11) is 3.22. The molecule has 0 radical (unpaired) electrons. The van der Waals surface area contributed by atoms with Gasteiger partial charge in [-0.05, 0) is 36.2 Å². The highest BCUT2D eigenvalue weighted by atomic mass is 16.5. The molecular weight excluding hydrogens is 320 g/mol. The summed E-state index contributed by atoms with van der Waals surface area (Å²) >= 11 is 0. The summed E-state index contributed by atoms with van der Waals surface area (Å²) in [5.74, 6) is 0.0129. The average Bonchev–Trinajstić information content (AvgIpc) is 2.61. The van der Waals surface area contributed by atoms with Crippen LogP contribution in [0.25, 0.3) is 0 Å². The van der Waals surface area contributed by atoms with Crippen molar-refractivity contribution in [2.24, 2.45) is 5.73 Å². The number of amides is 2. The number of nitrogens with two attached hydrogens (primary N) is 1. The minimum absolute atomic E-state index is 0.136. The quantitative estimate of drug-likeness (QED) is 0.836. The first-order valence-corrected chi connectivity index (χ1v) is 7.81. The molecule has 2 N–H and O–H groups in total. The number of aryl methyl sites for hydroxylation is 1. The normalized spacial score (nSPS) is 10.2. The Morgan fingerprint density at radius 2 is 1.84 bits per heavy atom. The van der Waals surface area contributed by atoms with Gasteiger partial charge in [-0.1, -0.05) is 24.3 Å². The second kappa shape index (κ2) is 8.19. The molecule has 2 amide bonds. The van der Waals surface area contributed by atoms with Gasteiger partial charge in [-0.2, -0.15) is 0 Å². The van der Waals surface area contributed by atoms with Crippen molar-refractivity contribution >= 4 is 11.8 Å². The van der Waals surface area contributed by atoms with E-state index in [0.29, 0.717) is 23.6 Å². The molecule has 0 fully saturated rings. The molecule has 0 aliphatic carbocycles. The summed E-state index contributed by atoms with van der Waals surface area (Å²) in [5, 5.41) is 0. The zero-order chi connectivity index (χ0) is 18.4. The lowest BCUT2D eigenvalue weighted by atomic mass is 10.1. The number of methoxy groups -OCH3 is 1. The molecule has 0 aliphatic heterocycles. The molecular formula is C19H22N2O4. The summed E-state index contributed by atoms with van der Waals surface area (Å²) in [5.41, 5.74) is 7.77. The van der Waals surface area contributed by atoms with Gasteiger partial charge in [-0.15, -0.1) is 0 Å². The third kappa shape index (κ3) is 4.73. The molecule has 0 spiro atoms. The Kier molecular flexibility index (Phi) is 6.00. The van der Waals surface area contributed by atoms with E-state index in [-0.39, 0.29) is 12.5 Å². The van der Waals surface area contributed by atoms with Crippen molar-refractivity contribution < 1.29 is 19.1 Å². The number of nitrogens with zero attached hydrogens (tertiary/aromatic N) is 1. The maximum Gasteiger partial charge on any atom is 0.255 e. The van der Waals surface area contributed by atoms with Crippen LogP contribution in [-0.2, 0) is 11.3 Å². The van der Waals surface area contributed by atoms with Crippen LogP contribution < -0.4 is 15.2 Å². The summed E-state index contributed by atoms with van der Waals surface area (Å²) < 4.78 is 10.5. The minimum atomic E-state index is -0.583. The van der Waals surface area contributed by atoms with Crippen LogP contribution >= 0.6 is 0 Å². The van der Waals surface area contributed by atoms with Crippen LogP contribution in [-0.4, -0.2) is 37.5 Å². The van der Waals surface area contributed by atoms with E-state index in [2.05, 4.69) is 0 Å². The minimum Gasteiger partial charge on any atom is -0.493 e. The smallest absolute Gasteiger partial charge is 0.255 e. The Balaban J connectivity index is 2.15. The number of hydrogen-bond donors (Lipinski definition) is 1. The molecule has 6 nitrogen and oxygen atoms in total. The van der Waals surface area contributed by atoms with Crippen LogP contribution in [0.5, 0.6) is 11.5 Å². The topological polar surface area (TPSA) is 81.9 Å². The lowest BCUT2D eigenvalue weighted by Crippen LogP contribution is -2.26. The lowest BCUT2D eigenvalue weighted by molar-refractivity contribution is -0.119. The Hall–Kier alpha value is -3.02. The molecule has 0 heterocycles. The van der Waals surface area contributed by atoms with Crippen LogP contribution in [0, 0.1) is 6.92 Å². The van der Waals surface area contributed by atoms with Gasteiger partial charge in [0.1, 0.15) is 0 Å². The van der Waals surface area contributed by atoms with Crippen molar-refractivity contribution in [3.05, 3.63) is 59.2 Å². The molecule has 2 aromatic rings. The van der Waals surface area contributed by atoms with Gasteiger partial charge in [0.2, 0.25) is 0 Å². The number of primary amides is 1. The summed E-state index contributed by atoms with van der Waals surface area (Å²) in [4.78, 5) is 25.1. The first-order chi connectivity index (χ1) is 11.9. The van der Waals surface area contributed by atoms with Crippen LogP contribution in [0.1, 0.15) is 21.5 Å². The van der Waals surface area contributed by atoms with E-state index in [0.717, 1.165) is 11.1 Å². The fourth-order valence-electron chi connectivity index (χ4n) is 2.40. The maximum absolute atomic E-state index is 12.7. The molecule has 0 aliphatic rings. The third-order valence-corrected chi connectivity index (χ3v) is 3.80. The predicted octanol–water partition coefficient (Wildman–Crippen LogP) is 2.14. The largest absolute Gasteiger partial charge is 0.493 e. The van der Waals surface area contributed by atoms with E-state index in [4.69, 9.17) is 15.2 Å². The number of carbonyl (C=O) groups is 2. The van der Waals surface area contributed by atoms with Gasteiger partial charge < -0.3 is 20.1 Å². The molecule has 132 valence electrons.